The van der Waals surface area contributed by atoms with Crippen molar-refractivity contribution in [1.29, 1.82) is 0 Å². The molecule has 0 bridgehead atoms. The van der Waals surface area contributed by atoms with Gasteiger partial charge in [-0.15, -0.1) is 5.10 Å². The predicted molar refractivity (Wildman–Crippen MR) is 69.6 cm³/mol. The molecule has 1 aromatic heterocycles. The number of ether oxygens (including phenoxy) is 1. The van der Waals surface area contributed by atoms with Crippen molar-refractivity contribution in [3.63, 3.8) is 0 Å². The van der Waals surface area contributed by atoms with Gasteiger partial charge in [0.1, 0.15) is 23.1 Å². The van der Waals surface area contributed by atoms with Crippen molar-refractivity contribution in [2.75, 3.05) is 11.9 Å². The molecule has 0 spiro atoms. The summed E-state index contributed by atoms with van der Waals surface area (Å²) in [4.78, 5) is 0. The largest absolute Gasteiger partial charge is 0.487 e. The number of rotatable bonds is 5. The SMILES string of the molecule is CCNc1snnc1COc1ccccc1C. The topological polar surface area (TPSA) is 47.0 Å². The number of aromatic nitrogens is 2. The summed E-state index contributed by atoms with van der Waals surface area (Å²) in [6, 6.07) is 7.95. The number of benzene rings is 1. The van der Waals surface area contributed by atoms with Crippen LogP contribution >= 0.6 is 11.5 Å². The van der Waals surface area contributed by atoms with Gasteiger partial charge in [-0.2, -0.15) is 0 Å². The molecule has 1 heterocycles. The van der Waals surface area contributed by atoms with Crippen molar-refractivity contribution in [2.45, 2.75) is 20.5 Å². The molecule has 0 saturated heterocycles. The smallest absolute Gasteiger partial charge is 0.136 e. The van der Waals surface area contributed by atoms with Crippen LogP contribution in [-0.4, -0.2) is 16.1 Å². The Kier molecular flexibility index (Phi) is 3.93. The van der Waals surface area contributed by atoms with E-state index in [-0.39, 0.29) is 0 Å². The molecule has 4 nitrogen and oxygen atoms in total. The Morgan fingerprint density at radius 1 is 1.35 bits per heavy atom. The molecule has 2 aromatic rings. The second-order valence-corrected chi connectivity index (χ2v) is 4.39. The molecule has 90 valence electrons. The lowest BCUT2D eigenvalue weighted by molar-refractivity contribution is 0.299. The molecule has 0 saturated carbocycles. The Morgan fingerprint density at radius 3 is 2.94 bits per heavy atom. The van der Waals surface area contributed by atoms with Gasteiger partial charge < -0.3 is 10.1 Å². The van der Waals surface area contributed by atoms with Gasteiger partial charge in [0.05, 0.1) is 0 Å². The lowest BCUT2D eigenvalue weighted by atomic mass is 10.2. The maximum atomic E-state index is 5.73. The van der Waals surface area contributed by atoms with Crippen LogP contribution in [0, 0.1) is 6.92 Å². The standard InChI is InChI=1S/C12H15N3OS/c1-3-13-12-10(14-15-17-12)8-16-11-7-5-4-6-9(11)2/h4-7,13H,3,8H2,1-2H3. The first-order valence-electron chi connectivity index (χ1n) is 5.54. The minimum atomic E-state index is 0.448. The number of nitrogens with zero attached hydrogens (tertiary/aromatic N) is 2. The lowest BCUT2D eigenvalue weighted by Gasteiger charge is -2.08. The monoisotopic (exact) mass is 249 g/mol. The van der Waals surface area contributed by atoms with E-state index in [0.29, 0.717) is 6.61 Å². The van der Waals surface area contributed by atoms with Gasteiger partial charge in [0.2, 0.25) is 0 Å². The van der Waals surface area contributed by atoms with E-state index in [9.17, 15) is 0 Å². The van der Waals surface area contributed by atoms with Gasteiger partial charge in [-0.25, -0.2) is 0 Å². The van der Waals surface area contributed by atoms with Gasteiger partial charge in [-0.1, -0.05) is 22.7 Å². The molecule has 0 fully saturated rings. The van der Waals surface area contributed by atoms with Crippen LogP contribution in [0.1, 0.15) is 18.2 Å². The minimum Gasteiger partial charge on any atom is -0.487 e. The van der Waals surface area contributed by atoms with Crippen LogP contribution in [0.15, 0.2) is 24.3 Å². The average molecular weight is 249 g/mol. The predicted octanol–water partition coefficient (Wildman–Crippen LogP) is 2.86. The molecule has 0 aliphatic heterocycles. The summed E-state index contributed by atoms with van der Waals surface area (Å²) in [6.07, 6.45) is 0. The first-order valence-corrected chi connectivity index (χ1v) is 6.32. The van der Waals surface area contributed by atoms with Crippen LogP contribution in [0.5, 0.6) is 5.75 Å². The van der Waals surface area contributed by atoms with E-state index in [1.54, 1.807) is 0 Å². The molecule has 0 atom stereocenters. The number of nitrogens with one attached hydrogen (secondary N) is 1. The van der Waals surface area contributed by atoms with Crippen LogP contribution < -0.4 is 10.1 Å². The zero-order valence-corrected chi connectivity index (χ0v) is 10.8. The molecular formula is C12H15N3OS. The van der Waals surface area contributed by atoms with Crippen LogP contribution in [-0.2, 0) is 6.61 Å². The summed E-state index contributed by atoms with van der Waals surface area (Å²) in [5.74, 6) is 0.892. The number of para-hydroxylation sites is 1. The maximum absolute atomic E-state index is 5.73. The third kappa shape index (κ3) is 2.94. The molecule has 0 amide bonds. The summed E-state index contributed by atoms with van der Waals surface area (Å²) >= 11 is 1.36. The Balaban J connectivity index is 2.02. The molecular weight excluding hydrogens is 234 g/mol. The maximum Gasteiger partial charge on any atom is 0.136 e. The highest BCUT2D eigenvalue weighted by Gasteiger charge is 2.08. The quantitative estimate of drug-likeness (QED) is 0.885. The van der Waals surface area contributed by atoms with E-state index < -0.39 is 0 Å². The third-order valence-electron chi connectivity index (χ3n) is 2.35. The van der Waals surface area contributed by atoms with E-state index >= 15 is 0 Å². The van der Waals surface area contributed by atoms with E-state index in [2.05, 4.69) is 14.9 Å². The van der Waals surface area contributed by atoms with Gasteiger partial charge in [-0.05, 0) is 25.5 Å². The van der Waals surface area contributed by atoms with Crippen LogP contribution in [0.3, 0.4) is 0 Å². The highest BCUT2D eigenvalue weighted by molar-refractivity contribution is 7.10. The van der Waals surface area contributed by atoms with Gasteiger partial charge in [0.25, 0.3) is 0 Å². The van der Waals surface area contributed by atoms with Crippen molar-refractivity contribution < 1.29 is 4.74 Å². The Labute approximate surface area is 105 Å². The van der Waals surface area contributed by atoms with E-state index in [1.807, 2.05) is 38.1 Å². The second kappa shape index (κ2) is 5.63. The highest BCUT2D eigenvalue weighted by Crippen LogP contribution is 2.21. The highest BCUT2D eigenvalue weighted by atomic mass is 32.1. The zero-order chi connectivity index (χ0) is 12.1. The molecule has 5 heteroatoms. The zero-order valence-electron chi connectivity index (χ0n) is 9.93. The summed E-state index contributed by atoms with van der Waals surface area (Å²) in [5.41, 5.74) is 1.99. The average Bonchev–Trinajstić information content (AvgIpc) is 2.76. The van der Waals surface area contributed by atoms with Crippen LogP contribution in [0.4, 0.5) is 5.00 Å². The van der Waals surface area contributed by atoms with Gasteiger partial charge in [0.15, 0.2) is 0 Å². The lowest BCUT2D eigenvalue weighted by Crippen LogP contribution is -2.02. The van der Waals surface area contributed by atoms with Crippen molar-refractivity contribution in [1.82, 2.24) is 9.59 Å². The van der Waals surface area contributed by atoms with Crippen LogP contribution in [0.2, 0.25) is 0 Å². The number of hydrogen-bond donors (Lipinski definition) is 1. The fraction of sp³-hybridized carbons (Fsp3) is 0.333. The normalized spacial score (nSPS) is 10.2. The first kappa shape index (κ1) is 11.9. The summed E-state index contributed by atoms with van der Waals surface area (Å²) in [5, 5.41) is 8.27. The van der Waals surface area contributed by atoms with Gasteiger partial charge >= 0.3 is 0 Å². The van der Waals surface area contributed by atoms with Crippen molar-refractivity contribution >= 4 is 16.5 Å². The third-order valence-corrected chi connectivity index (χ3v) is 3.08. The van der Waals surface area contributed by atoms with E-state index in [4.69, 9.17) is 4.74 Å². The van der Waals surface area contributed by atoms with Crippen molar-refractivity contribution in [3.05, 3.63) is 35.5 Å². The molecule has 0 aliphatic rings. The molecule has 17 heavy (non-hydrogen) atoms. The molecule has 1 aromatic carbocycles. The van der Waals surface area contributed by atoms with E-state index in [0.717, 1.165) is 28.6 Å². The number of hydrogen-bond acceptors (Lipinski definition) is 5. The minimum absolute atomic E-state index is 0.448. The number of aryl methyl sites for hydroxylation is 1. The molecule has 1 N–H and O–H groups in total. The molecule has 0 aliphatic carbocycles. The Bertz CT molecular complexity index is 484. The fourth-order valence-electron chi connectivity index (χ4n) is 1.46. The number of anilines is 1. The fourth-order valence-corrected chi connectivity index (χ4v) is 2.10. The van der Waals surface area contributed by atoms with E-state index in [1.165, 1.54) is 11.5 Å². The second-order valence-electron chi connectivity index (χ2n) is 3.63. The van der Waals surface area contributed by atoms with Gasteiger partial charge in [-0.3, -0.25) is 0 Å². The first-order chi connectivity index (χ1) is 8.31. The summed E-state index contributed by atoms with van der Waals surface area (Å²) in [7, 11) is 0. The van der Waals surface area contributed by atoms with Gasteiger partial charge in [0, 0.05) is 18.1 Å². The van der Waals surface area contributed by atoms with Crippen molar-refractivity contribution in [3.8, 4) is 5.75 Å². The summed E-state index contributed by atoms with van der Waals surface area (Å²) < 4.78 is 9.66. The van der Waals surface area contributed by atoms with Crippen LogP contribution in [0.25, 0.3) is 0 Å². The Hall–Kier alpha value is -1.62. The van der Waals surface area contributed by atoms with Crippen molar-refractivity contribution in [2.24, 2.45) is 0 Å². The Morgan fingerprint density at radius 2 is 2.18 bits per heavy atom. The molecule has 0 unspecified atom stereocenters. The summed E-state index contributed by atoms with van der Waals surface area (Å²) in [6.45, 7) is 5.39. The molecule has 2 rings (SSSR count). The molecule has 0 radical (unpaired) electrons.